The Bertz CT molecular complexity index is 421. The fourth-order valence-electron chi connectivity index (χ4n) is 2.97. The molecule has 2 rings (SSSR count). The van der Waals surface area contributed by atoms with Crippen molar-refractivity contribution in [2.24, 2.45) is 5.73 Å². The molecular formula is C17H26N2O. The van der Waals surface area contributed by atoms with Gasteiger partial charge in [0.25, 0.3) is 5.91 Å². The van der Waals surface area contributed by atoms with Crippen LogP contribution < -0.4 is 5.73 Å². The molecule has 1 saturated carbocycles. The van der Waals surface area contributed by atoms with Crippen molar-refractivity contribution < 1.29 is 4.79 Å². The standard InChI is InChI=1S/C17H26N2O/c1-14-8-10-15(11-9-14)17(20)19(13-5-12-18)16-6-3-2-4-7-16/h8-11,16H,2-7,12-13,18H2,1H3. The quantitative estimate of drug-likeness (QED) is 0.896. The highest BCUT2D eigenvalue weighted by Gasteiger charge is 2.25. The van der Waals surface area contributed by atoms with E-state index < -0.39 is 0 Å². The minimum atomic E-state index is 0.172. The smallest absolute Gasteiger partial charge is 0.254 e. The second-order valence-electron chi connectivity index (χ2n) is 5.80. The SMILES string of the molecule is Cc1ccc(C(=O)N(CCCN)C2CCCCC2)cc1. The number of nitrogens with zero attached hydrogens (tertiary/aromatic N) is 1. The van der Waals surface area contributed by atoms with Crippen molar-refractivity contribution in [3.63, 3.8) is 0 Å². The largest absolute Gasteiger partial charge is 0.336 e. The first kappa shape index (κ1) is 15.0. The first-order chi connectivity index (χ1) is 9.72. The van der Waals surface area contributed by atoms with E-state index in [1.165, 1.54) is 24.8 Å². The first-order valence-corrected chi connectivity index (χ1v) is 7.80. The van der Waals surface area contributed by atoms with Gasteiger partial charge in [0.05, 0.1) is 0 Å². The van der Waals surface area contributed by atoms with E-state index in [0.29, 0.717) is 12.6 Å². The van der Waals surface area contributed by atoms with Gasteiger partial charge in [-0.2, -0.15) is 0 Å². The molecule has 1 aromatic rings. The lowest BCUT2D eigenvalue weighted by Gasteiger charge is -2.34. The van der Waals surface area contributed by atoms with Crippen LogP contribution in [0.25, 0.3) is 0 Å². The Hall–Kier alpha value is -1.35. The zero-order valence-electron chi connectivity index (χ0n) is 12.5. The summed E-state index contributed by atoms with van der Waals surface area (Å²) in [5, 5.41) is 0. The van der Waals surface area contributed by atoms with E-state index in [0.717, 1.165) is 31.4 Å². The van der Waals surface area contributed by atoms with Gasteiger partial charge in [0, 0.05) is 18.2 Å². The average molecular weight is 274 g/mol. The monoisotopic (exact) mass is 274 g/mol. The Balaban J connectivity index is 2.11. The van der Waals surface area contributed by atoms with Crippen molar-refractivity contribution >= 4 is 5.91 Å². The van der Waals surface area contributed by atoms with E-state index in [2.05, 4.69) is 4.90 Å². The highest BCUT2D eigenvalue weighted by molar-refractivity contribution is 5.94. The molecule has 3 nitrogen and oxygen atoms in total. The van der Waals surface area contributed by atoms with Crippen LogP contribution in [0.15, 0.2) is 24.3 Å². The number of carbonyl (C=O) groups is 1. The van der Waals surface area contributed by atoms with Gasteiger partial charge in [-0.25, -0.2) is 0 Å². The van der Waals surface area contributed by atoms with Crippen LogP contribution >= 0.6 is 0 Å². The summed E-state index contributed by atoms with van der Waals surface area (Å²) in [6.07, 6.45) is 6.95. The van der Waals surface area contributed by atoms with Crippen molar-refractivity contribution in [2.45, 2.75) is 51.5 Å². The second kappa shape index (κ2) is 7.44. The number of nitrogens with two attached hydrogens (primary N) is 1. The number of carbonyl (C=O) groups excluding carboxylic acids is 1. The zero-order valence-corrected chi connectivity index (χ0v) is 12.5. The molecule has 0 atom stereocenters. The van der Waals surface area contributed by atoms with Gasteiger partial charge >= 0.3 is 0 Å². The number of aryl methyl sites for hydroxylation is 1. The summed E-state index contributed by atoms with van der Waals surface area (Å²) in [5.74, 6) is 0.172. The Morgan fingerprint density at radius 2 is 1.85 bits per heavy atom. The molecule has 20 heavy (non-hydrogen) atoms. The minimum absolute atomic E-state index is 0.172. The third-order valence-electron chi connectivity index (χ3n) is 4.18. The average Bonchev–Trinajstić information content (AvgIpc) is 2.49. The number of hydrogen-bond acceptors (Lipinski definition) is 2. The molecule has 1 aliphatic carbocycles. The third-order valence-corrected chi connectivity index (χ3v) is 4.18. The van der Waals surface area contributed by atoms with Crippen molar-refractivity contribution in [1.82, 2.24) is 4.90 Å². The zero-order chi connectivity index (χ0) is 14.4. The molecule has 1 amide bonds. The molecule has 0 unspecified atom stereocenters. The molecule has 1 aliphatic rings. The molecular weight excluding hydrogens is 248 g/mol. The normalized spacial score (nSPS) is 16.1. The Morgan fingerprint density at radius 3 is 2.45 bits per heavy atom. The lowest BCUT2D eigenvalue weighted by atomic mass is 9.93. The van der Waals surface area contributed by atoms with Gasteiger partial charge in [-0.1, -0.05) is 37.0 Å². The summed E-state index contributed by atoms with van der Waals surface area (Å²) >= 11 is 0. The number of rotatable bonds is 5. The summed E-state index contributed by atoms with van der Waals surface area (Å²) < 4.78 is 0. The van der Waals surface area contributed by atoms with E-state index in [1.807, 2.05) is 31.2 Å². The molecule has 0 aliphatic heterocycles. The molecule has 0 aromatic heterocycles. The predicted octanol–water partition coefficient (Wildman–Crippen LogP) is 3.12. The Morgan fingerprint density at radius 1 is 1.20 bits per heavy atom. The van der Waals surface area contributed by atoms with E-state index in [9.17, 15) is 4.79 Å². The van der Waals surface area contributed by atoms with Crippen molar-refractivity contribution in [3.05, 3.63) is 35.4 Å². The predicted molar refractivity (Wildman–Crippen MR) is 82.8 cm³/mol. The third kappa shape index (κ3) is 3.83. The minimum Gasteiger partial charge on any atom is -0.336 e. The Kier molecular flexibility index (Phi) is 5.60. The molecule has 110 valence electrons. The summed E-state index contributed by atoms with van der Waals surface area (Å²) in [7, 11) is 0. The molecule has 2 N–H and O–H groups in total. The fourth-order valence-corrected chi connectivity index (χ4v) is 2.97. The number of benzene rings is 1. The van der Waals surface area contributed by atoms with E-state index in [4.69, 9.17) is 5.73 Å². The van der Waals surface area contributed by atoms with Gasteiger partial charge in [0.1, 0.15) is 0 Å². The maximum Gasteiger partial charge on any atom is 0.254 e. The van der Waals surface area contributed by atoms with Crippen molar-refractivity contribution in [1.29, 1.82) is 0 Å². The topological polar surface area (TPSA) is 46.3 Å². The van der Waals surface area contributed by atoms with E-state index in [1.54, 1.807) is 0 Å². The van der Waals surface area contributed by atoms with Gasteiger partial charge in [0.2, 0.25) is 0 Å². The maximum absolute atomic E-state index is 12.7. The van der Waals surface area contributed by atoms with Crippen LogP contribution in [-0.4, -0.2) is 29.9 Å². The molecule has 0 heterocycles. The molecule has 0 bridgehead atoms. The van der Waals surface area contributed by atoms with Crippen LogP contribution in [0, 0.1) is 6.92 Å². The summed E-state index contributed by atoms with van der Waals surface area (Å²) in [6, 6.07) is 8.31. The fraction of sp³-hybridized carbons (Fsp3) is 0.588. The van der Waals surface area contributed by atoms with Gasteiger partial charge in [-0.05, 0) is 44.9 Å². The molecule has 3 heteroatoms. The van der Waals surface area contributed by atoms with Gasteiger partial charge < -0.3 is 10.6 Å². The van der Waals surface area contributed by atoms with Crippen LogP contribution in [0.2, 0.25) is 0 Å². The van der Waals surface area contributed by atoms with Crippen LogP contribution in [0.1, 0.15) is 54.4 Å². The highest BCUT2D eigenvalue weighted by Crippen LogP contribution is 2.24. The first-order valence-electron chi connectivity index (χ1n) is 7.80. The van der Waals surface area contributed by atoms with Gasteiger partial charge in [-0.3, -0.25) is 4.79 Å². The van der Waals surface area contributed by atoms with Crippen LogP contribution in [0.3, 0.4) is 0 Å². The Labute approximate surface area is 122 Å². The molecule has 0 saturated heterocycles. The van der Waals surface area contributed by atoms with E-state index in [-0.39, 0.29) is 5.91 Å². The second-order valence-corrected chi connectivity index (χ2v) is 5.80. The summed E-state index contributed by atoms with van der Waals surface area (Å²) in [4.78, 5) is 14.8. The summed E-state index contributed by atoms with van der Waals surface area (Å²) in [5.41, 5.74) is 7.62. The lowest BCUT2D eigenvalue weighted by molar-refractivity contribution is 0.0633. The van der Waals surface area contributed by atoms with Gasteiger partial charge in [-0.15, -0.1) is 0 Å². The molecule has 1 aromatic carbocycles. The highest BCUT2D eigenvalue weighted by atomic mass is 16.2. The van der Waals surface area contributed by atoms with Gasteiger partial charge in [0.15, 0.2) is 0 Å². The van der Waals surface area contributed by atoms with Crippen molar-refractivity contribution in [3.8, 4) is 0 Å². The number of hydrogen-bond donors (Lipinski definition) is 1. The van der Waals surface area contributed by atoms with Crippen LogP contribution in [0.5, 0.6) is 0 Å². The lowest BCUT2D eigenvalue weighted by Crippen LogP contribution is -2.42. The van der Waals surface area contributed by atoms with Crippen LogP contribution in [-0.2, 0) is 0 Å². The number of amides is 1. The van der Waals surface area contributed by atoms with Crippen LogP contribution in [0.4, 0.5) is 0 Å². The molecule has 0 radical (unpaired) electrons. The van der Waals surface area contributed by atoms with E-state index >= 15 is 0 Å². The molecule has 0 spiro atoms. The summed E-state index contributed by atoms with van der Waals surface area (Å²) in [6.45, 7) is 3.47. The maximum atomic E-state index is 12.7. The van der Waals surface area contributed by atoms with Crippen molar-refractivity contribution in [2.75, 3.05) is 13.1 Å². The molecule has 1 fully saturated rings.